The number of aryl methyl sites for hydroxylation is 1. The van der Waals surface area contributed by atoms with Crippen LogP contribution in [-0.2, 0) is 16.1 Å². The summed E-state index contributed by atoms with van der Waals surface area (Å²) >= 11 is 15.7. The number of halogens is 3. The molecule has 2 amide bonds. The van der Waals surface area contributed by atoms with Crippen LogP contribution in [0.1, 0.15) is 37.8 Å². The molecule has 31 heavy (non-hydrogen) atoms. The maximum atomic E-state index is 13.1. The molecule has 0 unspecified atom stereocenters. The van der Waals surface area contributed by atoms with Crippen LogP contribution in [0.3, 0.4) is 0 Å². The number of carbonyl (C=O) groups is 2. The van der Waals surface area contributed by atoms with E-state index in [1.165, 1.54) is 4.90 Å². The Hall–Kier alpha value is -1.76. The van der Waals surface area contributed by atoms with Gasteiger partial charge >= 0.3 is 0 Å². The third-order valence-electron chi connectivity index (χ3n) is 4.84. The Morgan fingerprint density at radius 3 is 2.58 bits per heavy atom. The predicted octanol–water partition coefficient (Wildman–Crippen LogP) is 5.78. The standard InChI is InChI=1S/C23H27BrCl2N2O3/c1-4-5-10-27-23(30)16(3)28(13-17-6-7-18(25)12-21(17)26)22(29)14-31-19-8-9-20(24)15(2)11-19/h6-9,11-12,16H,4-5,10,13-14H2,1-3H3,(H,27,30)/t16-/m0/s1. The van der Waals surface area contributed by atoms with Gasteiger partial charge in [-0.2, -0.15) is 0 Å². The number of nitrogens with one attached hydrogen (secondary N) is 1. The van der Waals surface area contributed by atoms with Crippen LogP contribution in [0.5, 0.6) is 5.75 Å². The topological polar surface area (TPSA) is 58.6 Å². The van der Waals surface area contributed by atoms with Gasteiger partial charge in [0.1, 0.15) is 11.8 Å². The molecule has 0 aromatic heterocycles. The molecule has 0 aliphatic carbocycles. The minimum atomic E-state index is -0.689. The molecule has 0 saturated carbocycles. The number of nitrogens with zero attached hydrogens (tertiary/aromatic N) is 1. The smallest absolute Gasteiger partial charge is 0.261 e. The highest BCUT2D eigenvalue weighted by atomic mass is 79.9. The third kappa shape index (κ3) is 7.70. The Labute approximate surface area is 202 Å². The number of benzene rings is 2. The van der Waals surface area contributed by atoms with Gasteiger partial charge in [0, 0.05) is 27.6 Å². The molecule has 8 heteroatoms. The monoisotopic (exact) mass is 528 g/mol. The lowest BCUT2D eigenvalue weighted by Crippen LogP contribution is -2.49. The van der Waals surface area contributed by atoms with E-state index < -0.39 is 6.04 Å². The maximum absolute atomic E-state index is 13.1. The van der Waals surface area contributed by atoms with Crippen molar-refractivity contribution >= 4 is 50.9 Å². The van der Waals surface area contributed by atoms with Gasteiger partial charge in [0.15, 0.2) is 6.61 Å². The number of rotatable bonds is 10. The third-order valence-corrected chi connectivity index (χ3v) is 6.32. The molecule has 0 aliphatic rings. The van der Waals surface area contributed by atoms with Crippen molar-refractivity contribution in [3.8, 4) is 5.75 Å². The van der Waals surface area contributed by atoms with Gasteiger partial charge in [-0.25, -0.2) is 0 Å². The average molecular weight is 530 g/mol. The van der Waals surface area contributed by atoms with Crippen molar-refractivity contribution in [1.29, 1.82) is 0 Å². The van der Waals surface area contributed by atoms with Crippen molar-refractivity contribution < 1.29 is 14.3 Å². The Morgan fingerprint density at radius 2 is 1.94 bits per heavy atom. The molecule has 0 radical (unpaired) electrons. The summed E-state index contributed by atoms with van der Waals surface area (Å²) in [6.07, 6.45) is 1.85. The Bertz CT molecular complexity index is 924. The highest BCUT2D eigenvalue weighted by Crippen LogP contribution is 2.24. The van der Waals surface area contributed by atoms with E-state index in [1.807, 2.05) is 19.1 Å². The first-order valence-corrected chi connectivity index (χ1v) is 11.7. The van der Waals surface area contributed by atoms with Gasteiger partial charge < -0.3 is 15.0 Å². The fourth-order valence-electron chi connectivity index (χ4n) is 2.89. The van der Waals surface area contributed by atoms with Gasteiger partial charge in [0.25, 0.3) is 5.91 Å². The summed E-state index contributed by atoms with van der Waals surface area (Å²) in [7, 11) is 0. The van der Waals surface area contributed by atoms with E-state index in [4.69, 9.17) is 27.9 Å². The number of hydrogen-bond donors (Lipinski definition) is 1. The van der Waals surface area contributed by atoms with Gasteiger partial charge in [-0.3, -0.25) is 9.59 Å². The molecule has 1 N–H and O–H groups in total. The first-order chi connectivity index (χ1) is 14.7. The van der Waals surface area contributed by atoms with Crippen molar-refractivity contribution in [2.45, 2.75) is 46.2 Å². The molecule has 0 heterocycles. The highest BCUT2D eigenvalue weighted by molar-refractivity contribution is 9.10. The van der Waals surface area contributed by atoms with Crippen molar-refractivity contribution in [3.05, 3.63) is 62.0 Å². The molecule has 5 nitrogen and oxygen atoms in total. The van der Waals surface area contributed by atoms with Crippen molar-refractivity contribution in [2.75, 3.05) is 13.2 Å². The summed E-state index contributed by atoms with van der Waals surface area (Å²) in [6, 6.07) is 9.89. The summed E-state index contributed by atoms with van der Waals surface area (Å²) in [5, 5.41) is 3.83. The summed E-state index contributed by atoms with van der Waals surface area (Å²) in [6.45, 7) is 6.23. The van der Waals surface area contributed by atoms with E-state index in [2.05, 4.69) is 28.2 Å². The molecule has 1 atom stereocenters. The second-order valence-corrected chi connectivity index (χ2v) is 8.98. The van der Waals surface area contributed by atoms with Crippen LogP contribution in [0, 0.1) is 6.92 Å². The second kappa shape index (κ2) is 12.3. The maximum Gasteiger partial charge on any atom is 0.261 e. The van der Waals surface area contributed by atoms with E-state index in [-0.39, 0.29) is 25.0 Å². The molecular formula is C23H27BrCl2N2O3. The molecular weight excluding hydrogens is 503 g/mol. The lowest BCUT2D eigenvalue weighted by atomic mass is 10.1. The fourth-order valence-corrected chi connectivity index (χ4v) is 3.60. The summed E-state index contributed by atoms with van der Waals surface area (Å²) in [5.74, 6) is 0.0506. The summed E-state index contributed by atoms with van der Waals surface area (Å²) in [5.41, 5.74) is 1.70. The molecule has 2 aromatic rings. The zero-order valence-corrected chi connectivity index (χ0v) is 21.0. The number of unbranched alkanes of at least 4 members (excludes halogenated alkanes) is 1. The van der Waals surface area contributed by atoms with E-state index in [9.17, 15) is 9.59 Å². The second-order valence-electron chi connectivity index (χ2n) is 7.28. The molecule has 0 saturated heterocycles. The van der Waals surface area contributed by atoms with Crippen molar-refractivity contribution in [1.82, 2.24) is 10.2 Å². The molecule has 0 fully saturated rings. The average Bonchev–Trinajstić information content (AvgIpc) is 2.73. The van der Waals surface area contributed by atoms with Crippen molar-refractivity contribution in [2.24, 2.45) is 0 Å². The fraction of sp³-hybridized carbons (Fsp3) is 0.391. The van der Waals surface area contributed by atoms with E-state index >= 15 is 0 Å². The highest BCUT2D eigenvalue weighted by Gasteiger charge is 2.27. The quantitative estimate of drug-likeness (QED) is 0.397. The first kappa shape index (κ1) is 25.5. The minimum absolute atomic E-state index is 0.167. The molecule has 0 spiro atoms. The van der Waals surface area contributed by atoms with Crippen LogP contribution in [-0.4, -0.2) is 35.9 Å². The zero-order chi connectivity index (χ0) is 23.0. The van der Waals surface area contributed by atoms with Gasteiger partial charge in [0.05, 0.1) is 0 Å². The Kier molecular flexibility index (Phi) is 10.1. The van der Waals surface area contributed by atoms with Crippen LogP contribution < -0.4 is 10.1 Å². The minimum Gasteiger partial charge on any atom is -0.484 e. The van der Waals surface area contributed by atoms with Gasteiger partial charge in [-0.05, 0) is 61.7 Å². The number of carbonyl (C=O) groups excluding carboxylic acids is 2. The molecule has 0 bridgehead atoms. The molecule has 2 aromatic carbocycles. The van der Waals surface area contributed by atoms with Crippen LogP contribution >= 0.6 is 39.1 Å². The Morgan fingerprint density at radius 1 is 1.19 bits per heavy atom. The van der Waals surface area contributed by atoms with Crippen LogP contribution in [0.25, 0.3) is 0 Å². The number of amides is 2. The van der Waals surface area contributed by atoms with E-state index in [0.717, 1.165) is 22.9 Å². The first-order valence-electron chi connectivity index (χ1n) is 10.1. The van der Waals surface area contributed by atoms with E-state index in [0.29, 0.717) is 27.9 Å². The number of hydrogen-bond acceptors (Lipinski definition) is 3. The number of ether oxygens (including phenoxy) is 1. The molecule has 0 aliphatic heterocycles. The van der Waals surface area contributed by atoms with Crippen LogP contribution in [0.4, 0.5) is 0 Å². The normalized spacial score (nSPS) is 11.7. The Balaban J connectivity index is 2.17. The summed E-state index contributed by atoms with van der Waals surface area (Å²) in [4.78, 5) is 27.2. The van der Waals surface area contributed by atoms with Crippen LogP contribution in [0.15, 0.2) is 40.9 Å². The summed E-state index contributed by atoms with van der Waals surface area (Å²) < 4.78 is 6.66. The lowest BCUT2D eigenvalue weighted by molar-refractivity contribution is -0.142. The zero-order valence-electron chi connectivity index (χ0n) is 17.9. The van der Waals surface area contributed by atoms with Gasteiger partial charge in [-0.1, -0.05) is 58.5 Å². The van der Waals surface area contributed by atoms with Gasteiger partial charge in [0.2, 0.25) is 5.91 Å². The lowest BCUT2D eigenvalue weighted by Gasteiger charge is -2.29. The largest absolute Gasteiger partial charge is 0.484 e. The molecule has 168 valence electrons. The van der Waals surface area contributed by atoms with Crippen LogP contribution in [0.2, 0.25) is 10.0 Å². The predicted molar refractivity (Wildman–Crippen MR) is 129 cm³/mol. The van der Waals surface area contributed by atoms with Crippen molar-refractivity contribution in [3.63, 3.8) is 0 Å². The van der Waals surface area contributed by atoms with Gasteiger partial charge in [-0.15, -0.1) is 0 Å². The molecule has 2 rings (SSSR count). The van der Waals surface area contributed by atoms with E-state index in [1.54, 1.807) is 31.2 Å². The SMILES string of the molecule is CCCCNC(=O)[C@H](C)N(Cc1ccc(Cl)cc1Cl)C(=O)COc1ccc(Br)c(C)c1.